The van der Waals surface area contributed by atoms with Crippen molar-refractivity contribution >= 4 is 23.8 Å². The molecule has 0 saturated heterocycles. The lowest BCUT2D eigenvalue weighted by Crippen LogP contribution is -2.23. The molecule has 4 rings (SSSR count). The molecule has 0 fully saturated rings. The van der Waals surface area contributed by atoms with E-state index in [9.17, 15) is 19.5 Å². The van der Waals surface area contributed by atoms with E-state index in [1.807, 2.05) is 6.08 Å². The summed E-state index contributed by atoms with van der Waals surface area (Å²) >= 11 is 0. The van der Waals surface area contributed by atoms with Crippen LogP contribution in [0.25, 0.3) is 6.08 Å². The van der Waals surface area contributed by atoms with Crippen LogP contribution >= 0.6 is 0 Å². The van der Waals surface area contributed by atoms with E-state index < -0.39 is 24.0 Å². The highest BCUT2D eigenvalue weighted by Crippen LogP contribution is 2.47. The maximum absolute atomic E-state index is 13.1. The molecule has 2 unspecified atom stereocenters. The summed E-state index contributed by atoms with van der Waals surface area (Å²) in [6.45, 7) is 1.77. The van der Waals surface area contributed by atoms with Crippen LogP contribution in [-0.2, 0) is 14.3 Å². The SMILES string of the molecule is CC1CCCC(=O)CCC/C=C/c2cc3c(c(O)c2C(=O)O1)C(c1ccco1)CC(=O)O3. The smallest absolute Gasteiger partial charge is 0.342 e. The Balaban J connectivity index is 1.79. The number of carbonyl (C=O) groups excluding carboxylic acids is 3. The van der Waals surface area contributed by atoms with Crippen molar-refractivity contribution in [3.63, 3.8) is 0 Å². The first-order valence-electron chi connectivity index (χ1n) is 11.0. The third-order valence-corrected chi connectivity index (χ3v) is 5.86. The number of allylic oxidation sites excluding steroid dienone is 1. The number of Topliss-reactive ketones (excluding diaryl/α,β-unsaturated/α-hetero) is 1. The van der Waals surface area contributed by atoms with Gasteiger partial charge >= 0.3 is 11.9 Å². The van der Waals surface area contributed by atoms with Gasteiger partial charge in [-0.25, -0.2) is 4.79 Å². The number of phenols is 1. The largest absolute Gasteiger partial charge is 0.507 e. The normalized spacial score (nSPS) is 23.3. The van der Waals surface area contributed by atoms with E-state index in [4.69, 9.17) is 13.9 Å². The van der Waals surface area contributed by atoms with E-state index in [1.165, 1.54) is 6.26 Å². The Hall–Kier alpha value is -3.35. The lowest BCUT2D eigenvalue weighted by molar-refractivity contribution is -0.135. The van der Waals surface area contributed by atoms with E-state index in [2.05, 4.69) is 0 Å². The molecule has 7 heteroatoms. The second-order valence-corrected chi connectivity index (χ2v) is 8.29. The number of fused-ring (bicyclic) bond motifs is 2. The maximum Gasteiger partial charge on any atom is 0.342 e. The number of cyclic esters (lactones) is 1. The number of rotatable bonds is 1. The molecule has 2 aliphatic heterocycles. The molecular formula is C25H26O7. The first kappa shape index (κ1) is 21.9. The van der Waals surface area contributed by atoms with Crippen LogP contribution in [0.5, 0.6) is 11.5 Å². The van der Waals surface area contributed by atoms with E-state index in [0.717, 1.165) is 0 Å². The molecule has 1 aromatic heterocycles. The molecule has 2 aromatic rings. The van der Waals surface area contributed by atoms with Crippen LogP contribution in [0.4, 0.5) is 0 Å². The number of phenolic OH excluding ortho intramolecular Hbond substituents is 1. The molecule has 1 aromatic carbocycles. The molecule has 7 nitrogen and oxygen atoms in total. The molecule has 2 aliphatic rings. The van der Waals surface area contributed by atoms with Gasteiger partial charge in [-0.05, 0) is 56.4 Å². The maximum atomic E-state index is 13.1. The monoisotopic (exact) mass is 438 g/mol. The number of hydrogen-bond acceptors (Lipinski definition) is 7. The van der Waals surface area contributed by atoms with Gasteiger partial charge in [-0.2, -0.15) is 0 Å². The van der Waals surface area contributed by atoms with Crippen molar-refractivity contribution in [1.29, 1.82) is 0 Å². The van der Waals surface area contributed by atoms with Gasteiger partial charge in [-0.15, -0.1) is 0 Å². The van der Waals surface area contributed by atoms with Crippen molar-refractivity contribution in [1.82, 2.24) is 0 Å². The molecule has 0 aliphatic carbocycles. The Morgan fingerprint density at radius 3 is 2.72 bits per heavy atom. The first-order chi connectivity index (χ1) is 15.4. The summed E-state index contributed by atoms with van der Waals surface area (Å²) in [6, 6.07) is 5.01. The number of ketones is 1. The molecule has 0 spiro atoms. The second-order valence-electron chi connectivity index (χ2n) is 8.29. The number of ether oxygens (including phenoxy) is 2. The van der Waals surface area contributed by atoms with Gasteiger partial charge in [0.25, 0.3) is 0 Å². The summed E-state index contributed by atoms with van der Waals surface area (Å²) < 4.78 is 16.5. The Morgan fingerprint density at radius 2 is 1.94 bits per heavy atom. The zero-order valence-electron chi connectivity index (χ0n) is 18.0. The summed E-state index contributed by atoms with van der Waals surface area (Å²) in [7, 11) is 0. The van der Waals surface area contributed by atoms with Crippen LogP contribution in [-0.4, -0.2) is 28.9 Å². The first-order valence-corrected chi connectivity index (χ1v) is 11.0. The minimum Gasteiger partial charge on any atom is -0.507 e. The molecule has 1 N–H and O–H groups in total. The summed E-state index contributed by atoms with van der Waals surface area (Å²) in [4.78, 5) is 37.3. The summed E-state index contributed by atoms with van der Waals surface area (Å²) in [5.41, 5.74) is 0.771. The average Bonchev–Trinajstić information content (AvgIpc) is 3.27. The molecule has 2 atom stereocenters. The minimum atomic E-state index is -0.657. The van der Waals surface area contributed by atoms with Gasteiger partial charge in [-0.1, -0.05) is 12.2 Å². The highest BCUT2D eigenvalue weighted by atomic mass is 16.5. The van der Waals surface area contributed by atoms with E-state index >= 15 is 0 Å². The molecule has 0 amide bonds. The van der Waals surface area contributed by atoms with Gasteiger partial charge < -0.3 is 19.0 Å². The van der Waals surface area contributed by atoms with Gasteiger partial charge in [0.2, 0.25) is 0 Å². The van der Waals surface area contributed by atoms with Crippen LogP contribution in [0.2, 0.25) is 0 Å². The fraction of sp³-hybridized carbons (Fsp3) is 0.400. The Bertz CT molecular complexity index is 1050. The Morgan fingerprint density at radius 1 is 1.12 bits per heavy atom. The molecule has 3 heterocycles. The van der Waals surface area contributed by atoms with Gasteiger partial charge in [-0.3, -0.25) is 9.59 Å². The summed E-state index contributed by atoms with van der Waals surface area (Å²) in [5.74, 6) is -1.04. The Kier molecular flexibility index (Phi) is 6.44. The van der Waals surface area contributed by atoms with Crippen molar-refractivity contribution in [2.45, 2.75) is 63.9 Å². The van der Waals surface area contributed by atoms with E-state index in [-0.39, 0.29) is 29.3 Å². The third kappa shape index (κ3) is 4.61. The van der Waals surface area contributed by atoms with Crippen LogP contribution in [0, 0.1) is 0 Å². The highest BCUT2D eigenvalue weighted by Gasteiger charge is 2.36. The number of furan rings is 1. The molecule has 0 bridgehead atoms. The van der Waals surface area contributed by atoms with Crippen molar-refractivity contribution in [2.24, 2.45) is 0 Å². The second kappa shape index (κ2) is 9.42. The standard InChI is InChI=1S/C25H26O7/c1-15-7-5-10-17(26)9-4-2-3-8-16-13-20-23(24(28)22(16)25(29)31-15)18(14-21(27)32-20)19-11-6-12-30-19/h3,6,8,11-13,15,18,28H,2,4-5,7,9-10,14H2,1H3/b8-3+. The zero-order valence-corrected chi connectivity index (χ0v) is 18.0. The number of hydrogen-bond donors (Lipinski definition) is 1. The summed E-state index contributed by atoms with van der Waals surface area (Å²) in [5, 5.41) is 11.2. The molecule has 32 heavy (non-hydrogen) atoms. The zero-order chi connectivity index (χ0) is 22.7. The van der Waals surface area contributed by atoms with Gasteiger partial charge in [0, 0.05) is 18.4 Å². The van der Waals surface area contributed by atoms with Crippen LogP contribution in [0.3, 0.4) is 0 Å². The Labute approximate surface area is 186 Å². The van der Waals surface area contributed by atoms with Crippen LogP contribution in [0.1, 0.15) is 85.0 Å². The van der Waals surface area contributed by atoms with Gasteiger partial charge in [0.1, 0.15) is 28.6 Å². The molecule has 0 saturated carbocycles. The molecule has 168 valence electrons. The predicted octanol–water partition coefficient (Wildman–Crippen LogP) is 4.91. The van der Waals surface area contributed by atoms with Gasteiger partial charge in [0.05, 0.1) is 24.7 Å². The quantitative estimate of drug-likeness (QED) is 0.498. The number of benzene rings is 1. The third-order valence-electron chi connectivity index (χ3n) is 5.86. The average molecular weight is 438 g/mol. The van der Waals surface area contributed by atoms with Crippen LogP contribution in [0.15, 0.2) is 35.0 Å². The highest BCUT2D eigenvalue weighted by molar-refractivity contribution is 5.98. The fourth-order valence-electron chi connectivity index (χ4n) is 4.25. The van der Waals surface area contributed by atoms with Crippen molar-refractivity contribution in [3.8, 4) is 11.5 Å². The van der Waals surface area contributed by atoms with Gasteiger partial charge in [0.15, 0.2) is 0 Å². The van der Waals surface area contributed by atoms with Crippen molar-refractivity contribution in [2.75, 3.05) is 0 Å². The van der Waals surface area contributed by atoms with Crippen molar-refractivity contribution in [3.05, 3.63) is 53.0 Å². The lowest BCUT2D eigenvalue weighted by atomic mass is 9.86. The van der Waals surface area contributed by atoms with E-state index in [1.54, 1.807) is 31.2 Å². The van der Waals surface area contributed by atoms with Crippen LogP contribution < -0.4 is 4.74 Å². The molecule has 0 radical (unpaired) electrons. The van der Waals surface area contributed by atoms with Crippen molar-refractivity contribution < 1.29 is 33.4 Å². The molecular weight excluding hydrogens is 412 g/mol. The summed E-state index contributed by atoms with van der Waals surface area (Å²) in [6.07, 6.45) is 8.13. The lowest BCUT2D eigenvalue weighted by Gasteiger charge is -2.26. The minimum absolute atomic E-state index is 0.0117. The fourth-order valence-corrected chi connectivity index (χ4v) is 4.25. The van der Waals surface area contributed by atoms with E-state index in [0.29, 0.717) is 55.4 Å². The number of esters is 2. The topological polar surface area (TPSA) is 103 Å². The number of carbonyl (C=O) groups is 3. The predicted molar refractivity (Wildman–Crippen MR) is 116 cm³/mol. The number of aromatic hydroxyl groups is 1.